The molecule has 2 rings (SSSR count). The second-order valence-electron chi connectivity index (χ2n) is 3.37. The number of nitrogens with one attached hydrogen (secondary N) is 1. The summed E-state index contributed by atoms with van der Waals surface area (Å²) in [6.07, 6.45) is 0.574. The van der Waals surface area contributed by atoms with Crippen molar-refractivity contribution in [2.24, 2.45) is 0 Å². The molecule has 3 heteroatoms. The van der Waals surface area contributed by atoms with Crippen LogP contribution in [0.5, 0.6) is 0 Å². The van der Waals surface area contributed by atoms with Gasteiger partial charge in [-0.15, -0.1) is 0 Å². The molecule has 0 unspecified atom stereocenters. The first-order valence-corrected chi connectivity index (χ1v) is 3.74. The maximum absolute atomic E-state index is 5.59. The molecule has 2 heterocycles. The third-order valence-electron chi connectivity index (χ3n) is 1.98. The summed E-state index contributed by atoms with van der Waals surface area (Å²) in [4.78, 5) is 0. The van der Waals surface area contributed by atoms with E-state index < -0.39 is 0 Å². The van der Waals surface area contributed by atoms with Crippen LogP contribution in [-0.4, -0.2) is 31.1 Å². The molecule has 0 saturated carbocycles. The highest BCUT2D eigenvalue weighted by molar-refractivity contribution is 4.89. The first-order chi connectivity index (χ1) is 4.67. The lowest BCUT2D eigenvalue weighted by molar-refractivity contribution is -0.149. The molecule has 0 aromatic heterocycles. The molecule has 0 bridgehead atoms. The van der Waals surface area contributed by atoms with Gasteiger partial charge in [-0.3, -0.25) is 0 Å². The van der Waals surface area contributed by atoms with Gasteiger partial charge in [0.1, 0.15) is 12.2 Å². The summed E-state index contributed by atoms with van der Waals surface area (Å²) in [5.41, 5.74) is 0. The second-order valence-corrected chi connectivity index (χ2v) is 3.37. The van der Waals surface area contributed by atoms with Crippen LogP contribution in [-0.2, 0) is 9.47 Å². The van der Waals surface area contributed by atoms with Crippen molar-refractivity contribution < 1.29 is 9.47 Å². The standard InChI is InChI=1S/C7H13NO2/c1-7(2)9-5-3-8-4-6(5)10-7/h5-6,8H,3-4H2,1-2H3/t5-,6-/m1/s1. The lowest BCUT2D eigenvalue weighted by Gasteiger charge is -2.17. The predicted molar refractivity (Wildman–Crippen MR) is 36.7 cm³/mol. The van der Waals surface area contributed by atoms with E-state index in [1.165, 1.54) is 0 Å². The van der Waals surface area contributed by atoms with Crippen molar-refractivity contribution in [2.45, 2.75) is 31.8 Å². The van der Waals surface area contributed by atoms with Crippen LogP contribution in [0, 0.1) is 0 Å². The zero-order valence-corrected chi connectivity index (χ0v) is 6.39. The molecule has 2 aliphatic rings. The van der Waals surface area contributed by atoms with Gasteiger partial charge in [-0.05, 0) is 13.8 Å². The van der Waals surface area contributed by atoms with Crippen molar-refractivity contribution >= 4 is 0 Å². The summed E-state index contributed by atoms with van der Waals surface area (Å²) in [5.74, 6) is -0.350. The number of rotatable bonds is 0. The zero-order chi connectivity index (χ0) is 7.19. The van der Waals surface area contributed by atoms with Gasteiger partial charge in [0.15, 0.2) is 5.79 Å². The first kappa shape index (κ1) is 6.58. The summed E-state index contributed by atoms with van der Waals surface area (Å²) in [6.45, 7) is 5.80. The highest BCUT2D eigenvalue weighted by Gasteiger charge is 2.43. The molecule has 0 spiro atoms. The van der Waals surface area contributed by atoms with E-state index in [9.17, 15) is 0 Å². The lowest BCUT2D eigenvalue weighted by Crippen LogP contribution is -2.26. The van der Waals surface area contributed by atoms with E-state index >= 15 is 0 Å². The largest absolute Gasteiger partial charge is 0.343 e. The third kappa shape index (κ3) is 0.944. The van der Waals surface area contributed by atoms with Crippen LogP contribution in [0.1, 0.15) is 13.8 Å². The minimum atomic E-state index is -0.350. The Morgan fingerprint density at radius 1 is 1.20 bits per heavy atom. The topological polar surface area (TPSA) is 30.5 Å². The molecule has 0 amide bonds. The second kappa shape index (κ2) is 1.94. The van der Waals surface area contributed by atoms with E-state index in [2.05, 4.69) is 5.32 Å². The summed E-state index contributed by atoms with van der Waals surface area (Å²) < 4.78 is 11.2. The Balaban J connectivity index is 2.07. The molecule has 2 saturated heterocycles. The van der Waals surface area contributed by atoms with E-state index in [0.717, 1.165) is 13.1 Å². The number of ether oxygens (including phenoxy) is 2. The number of hydrogen-bond donors (Lipinski definition) is 1. The molecule has 0 aliphatic carbocycles. The lowest BCUT2D eigenvalue weighted by atomic mass is 10.3. The van der Waals surface area contributed by atoms with E-state index in [1.54, 1.807) is 0 Å². The molecular formula is C7H13NO2. The molecule has 0 radical (unpaired) electrons. The average Bonchev–Trinajstić information content (AvgIpc) is 2.20. The van der Waals surface area contributed by atoms with Crippen molar-refractivity contribution in [3.05, 3.63) is 0 Å². The molecular weight excluding hydrogens is 130 g/mol. The maximum atomic E-state index is 5.59. The van der Waals surface area contributed by atoms with Crippen LogP contribution in [0.15, 0.2) is 0 Å². The summed E-state index contributed by atoms with van der Waals surface area (Å²) in [5, 5.41) is 3.21. The fraction of sp³-hybridized carbons (Fsp3) is 1.00. The van der Waals surface area contributed by atoms with Crippen LogP contribution in [0.2, 0.25) is 0 Å². The highest BCUT2D eigenvalue weighted by Crippen LogP contribution is 2.29. The first-order valence-electron chi connectivity index (χ1n) is 3.74. The predicted octanol–water partition coefficient (Wildman–Crippen LogP) is 0.110. The Kier molecular flexibility index (Phi) is 1.27. The molecule has 1 N–H and O–H groups in total. The summed E-state index contributed by atoms with van der Waals surface area (Å²) in [6, 6.07) is 0. The van der Waals surface area contributed by atoms with Gasteiger partial charge < -0.3 is 14.8 Å². The van der Waals surface area contributed by atoms with Crippen LogP contribution in [0.4, 0.5) is 0 Å². The highest BCUT2D eigenvalue weighted by atomic mass is 16.8. The van der Waals surface area contributed by atoms with E-state index in [-0.39, 0.29) is 18.0 Å². The zero-order valence-electron chi connectivity index (χ0n) is 6.39. The SMILES string of the molecule is CC1(C)O[C@@H]2CNC[C@H]2O1. The van der Waals surface area contributed by atoms with Gasteiger partial charge in [-0.1, -0.05) is 0 Å². The van der Waals surface area contributed by atoms with Gasteiger partial charge in [0, 0.05) is 13.1 Å². The van der Waals surface area contributed by atoms with Crippen molar-refractivity contribution in [1.29, 1.82) is 0 Å². The van der Waals surface area contributed by atoms with E-state index in [4.69, 9.17) is 9.47 Å². The Labute approximate surface area is 60.7 Å². The van der Waals surface area contributed by atoms with Gasteiger partial charge in [-0.25, -0.2) is 0 Å². The molecule has 3 nitrogen and oxygen atoms in total. The Hall–Kier alpha value is -0.120. The minimum absolute atomic E-state index is 0.287. The van der Waals surface area contributed by atoms with Crippen molar-refractivity contribution in [3.63, 3.8) is 0 Å². The molecule has 0 aromatic carbocycles. The maximum Gasteiger partial charge on any atom is 0.163 e. The monoisotopic (exact) mass is 143 g/mol. The molecule has 2 aliphatic heterocycles. The van der Waals surface area contributed by atoms with E-state index in [0.29, 0.717) is 0 Å². The van der Waals surface area contributed by atoms with Gasteiger partial charge in [-0.2, -0.15) is 0 Å². The summed E-state index contributed by atoms with van der Waals surface area (Å²) >= 11 is 0. The van der Waals surface area contributed by atoms with Crippen molar-refractivity contribution in [3.8, 4) is 0 Å². The van der Waals surface area contributed by atoms with E-state index in [1.807, 2.05) is 13.8 Å². The van der Waals surface area contributed by atoms with Crippen LogP contribution in [0.25, 0.3) is 0 Å². The number of hydrogen-bond acceptors (Lipinski definition) is 3. The fourth-order valence-electron chi connectivity index (χ4n) is 1.62. The van der Waals surface area contributed by atoms with Gasteiger partial charge in [0.25, 0.3) is 0 Å². The average molecular weight is 143 g/mol. The third-order valence-corrected chi connectivity index (χ3v) is 1.98. The quantitative estimate of drug-likeness (QED) is 0.522. The van der Waals surface area contributed by atoms with Crippen LogP contribution >= 0.6 is 0 Å². The van der Waals surface area contributed by atoms with Gasteiger partial charge in [0.2, 0.25) is 0 Å². The van der Waals surface area contributed by atoms with Crippen LogP contribution < -0.4 is 5.32 Å². The van der Waals surface area contributed by atoms with Crippen molar-refractivity contribution in [2.75, 3.05) is 13.1 Å². The number of fused-ring (bicyclic) bond motifs is 1. The molecule has 10 heavy (non-hydrogen) atoms. The molecule has 2 atom stereocenters. The van der Waals surface area contributed by atoms with Gasteiger partial charge >= 0.3 is 0 Å². The molecule has 58 valence electrons. The molecule has 2 fully saturated rings. The Morgan fingerprint density at radius 2 is 1.70 bits per heavy atom. The molecule has 0 aromatic rings. The fourth-order valence-corrected chi connectivity index (χ4v) is 1.62. The smallest absolute Gasteiger partial charge is 0.163 e. The summed E-state index contributed by atoms with van der Waals surface area (Å²) in [7, 11) is 0. The Bertz CT molecular complexity index is 133. The van der Waals surface area contributed by atoms with Gasteiger partial charge in [0.05, 0.1) is 0 Å². The minimum Gasteiger partial charge on any atom is -0.343 e. The Morgan fingerprint density at radius 3 is 2.20 bits per heavy atom. The van der Waals surface area contributed by atoms with Crippen LogP contribution in [0.3, 0.4) is 0 Å². The normalized spacial score (nSPS) is 43.8. The van der Waals surface area contributed by atoms with Crippen molar-refractivity contribution in [1.82, 2.24) is 5.32 Å².